The molecule has 0 unspecified atom stereocenters. The first-order valence-corrected chi connectivity index (χ1v) is 12.1. The highest BCUT2D eigenvalue weighted by Crippen LogP contribution is 2.35. The van der Waals surface area contributed by atoms with Crippen molar-refractivity contribution in [1.82, 2.24) is 15.1 Å². The van der Waals surface area contributed by atoms with Crippen LogP contribution < -0.4 is 19.7 Å². The van der Waals surface area contributed by atoms with E-state index in [1.54, 1.807) is 42.1 Å². The van der Waals surface area contributed by atoms with Gasteiger partial charge in [-0.1, -0.05) is 30.3 Å². The number of hydrogen-bond acceptors (Lipinski definition) is 5. The number of para-hydroxylation sites is 1. The molecule has 8 nitrogen and oxygen atoms in total. The number of carbonyl (C=O) groups is 2. The van der Waals surface area contributed by atoms with Gasteiger partial charge in [-0.3, -0.25) is 9.59 Å². The molecule has 8 heteroatoms. The van der Waals surface area contributed by atoms with Crippen LogP contribution in [0.4, 0.5) is 5.69 Å². The first kappa shape index (κ1) is 24.1. The zero-order valence-corrected chi connectivity index (χ0v) is 20.8. The van der Waals surface area contributed by atoms with Crippen molar-refractivity contribution in [2.75, 3.05) is 25.7 Å². The summed E-state index contributed by atoms with van der Waals surface area (Å²) in [7, 11) is 3.17. The van der Waals surface area contributed by atoms with E-state index >= 15 is 0 Å². The van der Waals surface area contributed by atoms with Gasteiger partial charge in [0.25, 0.3) is 5.91 Å². The van der Waals surface area contributed by atoms with E-state index in [1.165, 1.54) is 0 Å². The minimum atomic E-state index is -0.263. The van der Waals surface area contributed by atoms with E-state index in [1.807, 2.05) is 60.7 Å². The van der Waals surface area contributed by atoms with Gasteiger partial charge in [0.2, 0.25) is 5.91 Å². The van der Waals surface area contributed by atoms with E-state index in [9.17, 15) is 9.59 Å². The molecule has 37 heavy (non-hydrogen) atoms. The molecule has 0 bridgehead atoms. The third-order valence-corrected chi connectivity index (χ3v) is 6.42. The normalized spacial score (nSPS) is 13.0. The lowest BCUT2D eigenvalue weighted by atomic mass is 10.1. The molecule has 1 aliphatic rings. The zero-order valence-electron chi connectivity index (χ0n) is 20.8. The van der Waals surface area contributed by atoms with Crippen LogP contribution in [-0.2, 0) is 11.3 Å². The smallest absolute Gasteiger partial charge is 0.255 e. The van der Waals surface area contributed by atoms with Crippen molar-refractivity contribution >= 4 is 17.5 Å². The summed E-state index contributed by atoms with van der Waals surface area (Å²) in [6, 6.07) is 22.7. The monoisotopic (exact) mass is 496 g/mol. The summed E-state index contributed by atoms with van der Waals surface area (Å²) in [5.74, 6) is 1.10. The Kier molecular flexibility index (Phi) is 6.89. The van der Waals surface area contributed by atoms with Crippen LogP contribution in [0.3, 0.4) is 0 Å². The molecule has 0 atom stereocenters. The molecule has 5 rings (SSSR count). The van der Waals surface area contributed by atoms with Crippen LogP contribution in [0.1, 0.15) is 28.8 Å². The van der Waals surface area contributed by atoms with Gasteiger partial charge < -0.3 is 19.7 Å². The SMILES string of the molecule is COc1ccc(OC)c(-c2nn(-c3ccccc3)cc2C(=O)NCc2ccc(N3CCCC3=O)cc2)c1. The highest BCUT2D eigenvalue weighted by atomic mass is 16.5. The van der Waals surface area contributed by atoms with Crippen LogP contribution in [0.15, 0.2) is 79.0 Å². The van der Waals surface area contributed by atoms with Gasteiger partial charge in [0.1, 0.15) is 17.2 Å². The zero-order chi connectivity index (χ0) is 25.8. The molecule has 1 N–H and O–H groups in total. The summed E-state index contributed by atoms with van der Waals surface area (Å²) < 4.78 is 12.7. The number of nitrogens with one attached hydrogen (secondary N) is 1. The lowest BCUT2D eigenvalue weighted by Crippen LogP contribution is -2.24. The molecule has 0 aliphatic carbocycles. The lowest BCUT2D eigenvalue weighted by Gasteiger charge is -2.16. The second kappa shape index (κ2) is 10.6. The summed E-state index contributed by atoms with van der Waals surface area (Å²) in [5.41, 5.74) is 4.20. The molecule has 1 aromatic heterocycles. The number of ether oxygens (including phenoxy) is 2. The second-order valence-corrected chi connectivity index (χ2v) is 8.74. The van der Waals surface area contributed by atoms with E-state index < -0.39 is 0 Å². The number of nitrogens with zero attached hydrogens (tertiary/aromatic N) is 3. The maximum absolute atomic E-state index is 13.4. The summed E-state index contributed by atoms with van der Waals surface area (Å²) in [6.45, 7) is 1.08. The standard InChI is InChI=1S/C29H28N4O4/c1-36-23-14-15-26(37-2)24(17-23)28-25(19-33(31-28)22-7-4-3-5-8-22)29(35)30-18-20-10-12-21(13-11-20)32-16-6-9-27(32)34/h3-5,7-8,10-15,17,19H,6,9,16,18H2,1-2H3,(H,30,35). The van der Waals surface area contributed by atoms with Gasteiger partial charge >= 0.3 is 0 Å². The van der Waals surface area contributed by atoms with Crippen molar-refractivity contribution in [3.05, 3.63) is 90.1 Å². The number of anilines is 1. The van der Waals surface area contributed by atoms with E-state index in [4.69, 9.17) is 14.6 Å². The van der Waals surface area contributed by atoms with Gasteiger partial charge in [-0.15, -0.1) is 0 Å². The molecule has 0 spiro atoms. The average Bonchev–Trinajstić information content (AvgIpc) is 3.59. The fourth-order valence-electron chi connectivity index (χ4n) is 4.44. The molecule has 3 aromatic carbocycles. The van der Waals surface area contributed by atoms with E-state index in [0.717, 1.165) is 29.9 Å². The van der Waals surface area contributed by atoms with Crippen LogP contribution >= 0.6 is 0 Å². The predicted octanol–water partition coefficient (Wildman–Crippen LogP) is 4.61. The van der Waals surface area contributed by atoms with Gasteiger partial charge in [-0.25, -0.2) is 4.68 Å². The number of methoxy groups -OCH3 is 2. The predicted molar refractivity (Wildman–Crippen MR) is 141 cm³/mol. The Labute approximate surface area is 215 Å². The maximum Gasteiger partial charge on any atom is 0.255 e. The summed E-state index contributed by atoms with van der Waals surface area (Å²) in [4.78, 5) is 27.3. The van der Waals surface area contributed by atoms with Gasteiger partial charge in [0, 0.05) is 37.0 Å². The van der Waals surface area contributed by atoms with Crippen LogP contribution in [-0.4, -0.2) is 42.4 Å². The van der Waals surface area contributed by atoms with Crippen LogP contribution in [0.25, 0.3) is 16.9 Å². The van der Waals surface area contributed by atoms with Crippen LogP contribution in [0.2, 0.25) is 0 Å². The molecule has 4 aromatic rings. The number of amides is 2. The molecule has 1 fully saturated rings. The first-order valence-electron chi connectivity index (χ1n) is 12.1. The van der Waals surface area contributed by atoms with E-state index in [2.05, 4.69) is 5.32 Å². The highest BCUT2D eigenvalue weighted by Gasteiger charge is 2.23. The quantitative estimate of drug-likeness (QED) is 0.385. The Morgan fingerprint density at radius 2 is 1.76 bits per heavy atom. The first-order chi connectivity index (χ1) is 18.1. The van der Waals surface area contributed by atoms with Crippen molar-refractivity contribution < 1.29 is 19.1 Å². The molecule has 0 saturated carbocycles. The molecular weight excluding hydrogens is 468 g/mol. The Bertz CT molecular complexity index is 1410. The Morgan fingerprint density at radius 3 is 2.43 bits per heavy atom. The third-order valence-electron chi connectivity index (χ3n) is 6.42. The Hall–Kier alpha value is -4.59. The molecule has 0 radical (unpaired) electrons. The van der Waals surface area contributed by atoms with Crippen molar-refractivity contribution in [2.45, 2.75) is 19.4 Å². The van der Waals surface area contributed by atoms with E-state index in [0.29, 0.717) is 41.3 Å². The van der Waals surface area contributed by atoms with Crippen molar-refractivity contribution in [3.63, 3.8) is 0 Å². The molecule has 1 saturated heterocycles. The van der Waals surface area contributed by atoms with E-state index in [-0.39, 0.29) is 11.8 Å². The van der Waals surface area contributed by atoms with Crippen molar-refractivity contribution in [2.24, 2.45) is 0 Å². The third kappa shape index (κ3) is 5.04. The molecule has 188 valence electrons. The molecular formula is C29H28N4O4. The maximum atomic E-state index is 13.4. The summed E-state index contributed by atoms with van der Waals surface area (Å²) in [6.07, 6.45) is 3.20. The minimum Gasteiger partial charge on any atom is -0.497 e. The van der Waals surface area contributed by atoms with Gasteiger partial charge in [-0.2, -0.15) is 5.10 Å². The molecule has 2 heterocycles. The number of carbonyl (C=O) groups excluding carboxylic acids is 2. The second-order valence-electron chi connectivity index (χ2n) is 8.74. The van der Waals surface area contributed by atoms with Crippen LogP contribution in [0.5, 0.6) is 11.5 Å². The van der Waals surface area contributed by atoms with Gasteiger partial charge in [0.05, 0.1) is 25.5 Å². The number of benzene rings is 3. The van der Waals surface area contributed by atoms with Crippen molar-refractivity contribution in [3.8, 4) is 28.4 Å². The summed E-state index contributed by atoms with van der Waals surface area (Å²) in [5, 5.41) is 7.77. The summed E-state index contributed by atoms with van der Waals surface area (Å²) >= 11 is 0. The van der Waals surface area contributed by atoms with Crippen LogP contribution in [0, 0.1) is 0 Å². The Morgan fingerprint density at radius 1 is 0.973 bits per heavy atom. The van der Waals surface area contributed by atoms with Crippen molar-refractivity contribution in [1.29, 1.82) is 0 Å². The highest BCUT2D eigenvalue weighted by molar-refractivity contribution is 6.00. The minimum absolute atomic E-state index is 0.150. The fraction of sp³-hybridized carbons (Fsp3) is 0.207. The number of aromatic nitrogens is 2. The topological polar surface area (TPSA) is 85.7 Å². The molecule has 1 aliphatic heterocycles. The fourth-order valence-corrected chi connectivity index (χ4v) is 4.44. The lowest BCUT2D eigenvalue weighted by molar-refractivity contribution is -0.117. The van der Waals surface area contributed by atoms with Gasteiger partial charge in [-0.05, 0) is 54.4 Å². The largest absolute Gasteiger partial charge is 0.497 e. The number of rotatable bonds is 8. The molecule has 2 amide bonds. The van der Waals surface area contributed by atoms with Gasteiger partial charge in [0.15, 0.2) is 0 Å². The average molecular weight is 497 g/mol. The Balaban J connectivity index is 1.43. The number of hydrogen-bond donors (Lipinski definition) is 1.